The Bertz CT molecular complexity index is 293. The van der Waals surface area contributed by atoms with Crippen molar-refractivity contribution in [1.29, 1.82) is 0 Å². The number of carbonyl (C=O) groups excluding carboxylic acids is 1. The highest BCUT2D eigenvalue weighted by atomic mass is 16.5. The van der Waals surface area contributed by atoms with Gasteiger partial charge in [0.25, 0.3) is 0 Å². The second-order valence-electron chi connectivity index (χ2n) is 5.90. The Morgan fingerprint density at radius 3 is 2.95 bits per heavy atom. The third-order valence-electron chi connectivity index (χ3n) is 4.37. The number of carbonyl (C=O) groups is 1. The molecule has 2 aliphatic heterocycles. The molecule has 2 fully saturated rings. The standard InChI is InChI=1S/C15H29N3O2/c1-2-6-17-15(19)14-12-20-11-10-18(14)9-5-13-3-7-16-8-4-13/h13-14,16H,2-12H2,1H3,(H,17,19). The molecule has 0 aromatic carbocycles. The Hall–Kier alpha value is -0.650. The highest BCUT2D eigenvalue weighted by Gasteiger charge is 2.29. The molecule has 2 heterocycles. The molecule has 20 heavy (non-hydrogen) atoms. The number of ether oxygens (including phenoxy) is 1. The summed E-state index contributed by atoms with van der Waals surface area (Å²) in [6, 6.07) is -0.0861. The van der Waals surface area contributed by atoms with Crippen molar-refractivity contribution in [1.82, 2.24) is 15.5 Å². The fourth-order valence-corrected chi connectivity index (χ4v) is 3.03. The highest BCUT2D eigenvalue weighted by molar-refractivity contribution is 5.81. The second-order valence-corrected chi connectivity index (χ2v) is 5.90. The molecule has 1 unspecified atom stereocenters. The largest absolute Gasteiger partial charge is 0.378 e. The van der Waals surface area contributed by atoms with E-state index in [9.17, 15) is 4.79 Å². The fraction of sp³-hybridized carbons (Fsp3) is 0.933. The van der Waals surface area contributed by atoms with Crippen molar-refractivity contribution in [2.75, 3.05) is 45.9 Å². The van der Waals surface area contributed by atoms with Crippen LogP contribution < -0.4 is 10.6 Å². The Morgan fingerprint density at radius 1 is 1.40 bits per heavy atom. The number of hydrogen-bond acceptors (Lipinski definition) is 4. The topological polar surface area (TPSA) is 53.6 Å². The van der Waals surface area contributed by atoms with E-state index in [2.05, 4.69) is 22.5 Å². The molecule has 2 N–H and O–H groups in total. The highest BCUT2D eigenvalue weighted by Crippen LogP contribution is 2.18. The minimum Gasteiger partial charge on any atom is -0.378 e. The molecule has 0 bridgehead atoms. The van der Waals surface area contributed by atoms with Crippen molar-refractivity contribution < 1.29 is 9.53 Å². The van der Waals surface area contributed by atoms with E-state index in [1.165, 1.54) is 19.3 Å². The quantitative estimate of drug-likeness (QED) is 0.750. The summed E-state index contributed by atoms with van der Waals surface area (Å²) in [5.41, 5.74) is 0. The summed E-state index contributed by atoms with van der Waals surface area (Å²) in [7, 11) is 0. The third-order valence-corrected chi connectivity index (χ3v) is 4.37. The minimum atomic E-state index is -0.0861. The molecule has 1 amide bonds. The third kappa shape index (κ3) is 4.72. The van der Waals surface area contributed by atoms with Gasteiger partial charge in [-0.15, -0.1) is 0 Å². The number of nitrogens with zero attached hydrogens (tertiary/aromatic N) is 1. The van der Waals surface area contributed by atoms with E-state index in [1.807, 2.05) is 0 Å². The lowest BCUT2D eigenvalue weighted by molar-refractivity contribution is -0.132. The number of morpholine rings is 1. The molecule has 0 aromatic heterocycles. The summed E-state index contributed by atoms with van der Waals surface area (Å²) in [4.78, 5) is 14.5. The number of amides is 1. The first-order valence-corrected chi connectivity index (χ1v) is 8.11. The van der Waals surface area contributed by atoms with E-state index in [0.29, 0.717) is 6.61 Å². The maximum Gasteiger partial charge on any atom is 0.239 e. The summed E-state index contributed by atoms with van der Waals surface area (Å²) in [6.45, 7) is 8.34. The molecule has 2 saturated heterocycles. The van der Waals surface area contributed by atoms with Crippen LogP contribution in [-0.2, 0) is 9.53 Å². The molecule has 2 rings (SSSR count). The molecule has 0 aliphatic carbocycles. The first-order chi connectivity index (χ1) is 9.81. The monoisotopic (exact) mass is 283 g/mol. The van der Waals surface area contributed by atoms with Crippen LogP contribution in [0.25, 0.3) is 0 Å². The molecule has 5 heteroatoms. The predicted molar refractivity (Wildman–Crippen MR) is 79.7 cm³/mol. The summed E-state index contributed by atoms with van der Waals surface area (Å²) >= 11 is 0. The Balaban J connectivity index is 1.78. The van der Waals surface area contributed by atoms with Gasteiger partial charge in [-0.25, -0.2) is 0 Å². The van der Waals surface area contributed by atoms with Crippen molar-refractivity contribution in [2.45, 2.75) is 38.6 Å². The maximum atomic E-state index is 12.2. The lowest BCUT2D eigenvalue weighted by atomic mass is 9.94. The number of nitrogens with one attached hydrogen (secondary N) is 2. The van der Waals surface area contributed by atoms with Crippen LogP contribution in [0, 0.1) is 5.92 Å². The van der Waals surface area contributed by atoms with Gasteiger partial charge in [-0.05, 0) is 51.2 Å². The zero-order valence-corrected chi connectivity index (χ0v) is 12.7. The van der Waals surface area contributed by atoms with Gasteiger partial charge in [0.05, 0.1) is 13.2 Å². The van der Waals surface area contributed by atoms with E-state index < -0.39 is 0 Å². The van der Waals surface area contributed by atoms with Crippen LogP contribution in [0.1, 0.15) is 32.6 Å². The summed E-state index contributed by atoms with van der Waals surface area (Å²) in [6.07, 6.45) is 4.74. The van der Waals surface area contributed by atoms with Gasteiger partial charge in [0.1, 0.15) is 6.04 Å². The summed E-state index contributed by atoms with van der Waals surface area (Å²) < 4.78 is 5.49. The van der Waals surface area contributed by atoms with Crippen LogP contribution >= 0.6 is 0 Å². The van der Waals surface area contributed by atoms with Gasteiger partial charge < -0.3 is 15.4 Å². The predicted octanol–water partition coefficient (Wildman–Crippen LogP) is 0.603. The van der Waals surface area contributed by atoms with Crippen LogP contribution in [0.5, 0.6) is 0 Å². The number of piperidine rings is 1. The molecular weight excluding hydrogens is 254 g/mol. The van der Waals surface area contributed by atoms with E-state index in [4.69, 9.17) is 4.74 Å². The zero-order chi connectivity index (χ0) is 14.2. The minimum absolute atomic E-state index is 0.0861. The van der Waals surface area contributed by atoms with Crippen LogP contribution in [0.15, 0.2) is 0 Å². The molecule has 0 saturated carbocycles. The van der Waals surface area contributed by atoms with E-state index in [0.717, 1.165) is 51.7 Å². The van der Waals surface area contributed by atoms with Crippen molar-refractivity contribution in [3.05, 3.63) is 0 Å². The lowest BCUT2D eigenvalue weighted by Gasteiger charge is -2.35. The first-order valence-electron chi connectivity index (χ1n) is 8.11. The van der Waals surface area contributed by atoms with Crippen LogP contribution in [-0.4, -0.2) is 62.8 Å². The van der Waals surface area contributed by atoms with Crippen LogP contribution in [0.4, 0.5) is 0 Å². The average Bonchev–Trinajstić information content (AvgIpc) is 2.52. The maximum absolute atomic E-state index is 12.2. The van der Waals surface area contributed by atoms with E-state index in [1.54, 1.807) is 0 Å². The van der Waals surface area contributed by atoms with Gasteiger partial charge >= 0.3 is 0 Å². The van der Waals surface area contributed by atoms with Crippen LogP contribution in [0.2, 0.25) is 0 Å². The molecule has 0 aromatic rings. The van der Waals surface area contributed by atoms with Gasteiger partial charge in [0, 0.05) is 13.1 Å². The molecule has 116 valence electrons. The average molecular weight is 283 g/mol. The lowest BCUT2D eigenvalue weighted by Crippen LogP contribution is -2.54. The Morgan fingerprint density at radius 2 is 2.20 bits per heavy atom. The van der Waals surface area contributed by atoms with Crippen molar-refractivity contribution in [3.63, 3.8) is 0 Å². The molecule has 5 nitrogen and oxygen atoms in total. The van der Waals surface area contributed by atoms with Gasteiger partial charge in [0.2, 0.25) is 5.91 Å². The normalized spacial score (nSPS) is 25.6. The number of rotatable bonds is 6. The summed E-state index contributed by atoms with van der Waals surface area (Å²) in [5.74, 6) is 0.954. The molecule has 1 atom stereocenters. The molecular formula is C15H29N3O2. The van der Waals surface area contributed by atoms with Gasteiger partial charge in [-0.2, -0.15) is 0 Å². The Labute approximate surface area is 122 Å². The van der Waals surface area contributed by atoms with Crippen molar-refractivity contribution in [3.8, 4) is 0 Å². The van der Waals surface area contributed by atoms with Gasteiger partial charge in [-0.3, -0.25) is 9.69 Å². The fourth-order valence-electron chi connectivity index (χ4n) is 3.03. The van der Waals surface area contributed by atoms with Crippen molar-refractivity contribution >= 4 is 5.91 Å². The summed E-state index contributed by atoms with van der Waals surface area (Å²) in [5, 5.41) is 6.40. The van der Waals surface area contributed by atoms with Crippen LogP contribution in [0.3, 0.4) is 0 Å². The first kappa shape index (κ1) is 15.7. The zero-order valence-electron chi connectivity index (χ0n) is 12.7. The van der Waals surface area contributed by atoms with Gasteiger partial charge in [0.15, 0.2) is 0 Å². The van der Waals surface area contributed by atoms with E-state index >= 15 is 0 Å². The second kappa shape index (κ2) is 8.60. The molecule has 0 spiro atoms. The van der Waals surface area contributed by atoms with Crippen molar-refractivity contribution in [2.24, 2.45) is 5.92 Å². The smallest absolute Gasteiger partial charge is 0.239 e. The van der Waals surface area contributed by atoms with E-state index in [-0.39, 0.29) is 11.9 Å². The molecule has 0 radical (unpaired) electrons. The molecule has 2 aliphatic rings. The van der Waals surface area contributed by atoms with Gasteiger partial charge in [-0.1, -0.05) is 6.92 Å². The Kier molecular flexibility index (Phi) is 6.76. The SMILES string of the molecule is CCCNC(=O)C1COCCN1CCC1CCNCC1. The number of hydrogen-bond donors (Lipinski definition) is 2.